The van der Waals surface area contributed by atoms with Crippen LogP contribution in [0.4, 0.5) is 24.9 Å². The number of halogens is 3. The molecule has 0 bridgehead atoms. The third kappa shape index (κ3) is 5.31. The van der Waals surface area contributed by atoms with Crippen molar-refractivity contribution in [1.29, 1.82) is 0 Å². The Morgan fingerprint density at radius 1 is 1.11 bits per heavy atom. The van der Waals surface area contributed by atoms with Gasteiger partial charge in [0.05, 0.1) is 6.04 Å². The normalized spacial score (nSPS) is 15.8. The fourth-order valence-corrected chi connectivity index (χ4v) is 3.35. The molecule has 1 fully saturated rings. The van der Waals surface area contributed by atoms with E-state index in [-0.39, 0.29) is 22.9 Å². The SMILES string of the molecule is C[C@@H](NC(=S)Nc1nc(N2CCCCC2)cc(C(F)(F)F)n1)c1ccccc1. The molecule has 1 aromatic carbocycles. The zero-order valence-corrected chi connectivity index (χ0v) is 16.3. The van der Waals surface area contributed by atoms with Gasteiger partial charge in [0.25, 0.3) is 0 Å². The molecule has 2 aromatic rings. The van der Waals surface area contributed by atoms with E-state index >= 15 is 0 Å². The second-order valence-electron chi connectivity index (χ2n) is 6.71. The highest BCUT2D eigenvalue weighted by Gasteiger charge is 2.34. The van der Waals surface area contributed by atoms with Gasteiger partial charge in [-0.05, 0) is 44.0 Å². The van der Waals surface area contributed by atoms with Gasteiger partial charge in [-0.2, -0.15) is 18.2 Å². The summed E-state index contributed by atoms with van der Waals surface area (Å²) in [6.45, 7) is 3.28. The van der Waals surface area contributed by atoms with Crippen LogP contribution in [-0.2, 0) is 6.18 Å². The van der Waals surface area contributed by atoms with E-state index in [1.54, 1.807) is 0 Å². The molecule has 0 amide bonds. The van der Waals surface area contributed by atoms with Crippen molar-refractivity contribution in [1.82, 2.24) is 15.3 Å². The molecule has 5 nitrogen and oxygen atoms in total. The molecule has 9 heteroatoms. The Morgan fingerprint density at radius 3 is 2.43 bits per heavy atom. The van der Waals surface area contributed by atoms with Crippen molar-refractivity contribution in [3.8, 4) is 0 Å². The zero-order valence-electron chi connectivity index (χ0n) is 15.5. The fraction of sp³-hybridized carbons (Fsp3) is 0.421. The lowest BCUT2D eigenvalue weighted by molar-refractivity contribution is -0.141. The van der Waals surface area contributed by atoms with Crippen molar-refractivity contribution in [2.45, 2.75) is 38.4 Å². The number of hydrogen-bond acceptors (Lipinski definition) is 4. The van der Waals surface area contributed by atoms with E-state index in [0.717, 1.165) is 30.9 Å². The van der Waals surface area contributed by atoms with Crippen molar-refractivity contribution in [3.05, 3.63) is 47.7 Å². The van der Waals surface area contributed by atoms with E-state index in [2.05, 4.69) is 20.6 Å². The van der Waals surface area contributed by atoms with Gasteiger partial charge in [0.15, 0.2) is 10.8 Å². The first kappa shape index (κ1) is 20.3. The number of nitrogens with one attached hydrogen (secondary N) is 2. The van der Waals surface area contributed by atoms with E-state index in [1.807, 2.05) is 42.2 Å². The average molecular weight is 409 g/mol. The molecule has 0 aliphatic carbocycles. The Morgan fingerprint density at radius 2 is 1.79 bits per heavy atom. The molecule has 150 valence electrons. The minimum Gasteiger partial charge on any atom is -0.356 e. The molecule has 28 heavy (non-hydrogen) atoms. The van der Waals surface area contributed by atoms with Crippen LogP contribution in [0.25, 0.3) is 0 Å². The summed E-state index contributed by atoms with van der Waals surface area (Å²) in [5.41, 5.74) is 0.0232. The molecule has 0 spiro atoms. The number of hydrogen-bond donors (Lipinski definition) is 2. The molecular weight excluding hydrogens is 387 g/mol. The number of anilines is 2. The van der Waals surface area contributed by atoms with Crippen molar-refractivity contribution < 1.29 is 13.2 Å². The summed E-state index contributed by atoms with van der Waals surface area (Å²) in [5.74, 6) is 0.108. The van der Waals surface area contributed by atoms with Gasteiger partial charge in [-0.25, -0.2) is 4.98 Å². The first-order valence-corrected chi connectivity index (χ1v) is 9.57. The minimum atomic E-state index is -4.56. The lowest BCUT2D eigenvalue weighted by Crippen LogP contribution is -2.33. The van der Waals surface area contributed by atoms with Crippen LogP contribution in [0.3, 0.4) is 0 Å². The van der Waals surface area contributed by atoms with E-state index in [0.29, 0.717) is 13.1 Å². The molecule has 1 saturated heterocycles. The van der Waals surface area contributed by atoms with Crippen molar-refractivity contribution in [3.63, 3.8) is 0 Å². The standard InChI is InChI=1S/C19H22F3N5S/c1-13(14-8-4-2-5-9-14)23-18(28)26-17-24-15(19(20,21)22)12-16(25-17)27-10-6-3-7-11-27/h2,4-5,8-9,12-13H,3,6-7,10-11H2,1H3,(H2,23,24,25,26,28)/t13-/m1/s1. The first-order valence-electron chi connectivity index (χ1n) is 9.16. The molecule has 1 aliphatic rings. The smallest absolute Gasteiger partial charge is 0.356 e. The highest BCUT2D eigenvalue weighted by molar-refractivity contribution is 7.80. The third-order valence-electron chi connectivity index (χ3n) is 4.56. The average Bonchev–Trinajstić information content (AvgIpc) is 2.68. The first-order chi connectivity index (χ1) is 13.3. The van der Waals surface area contributed by atoms with Gasteiger partial charge in [0.2, 0.25) is 5.95 Å². The van der Waals surface area contributed by atoms with Crippen LogP contribution in [0.2, 0.25) is 0 Å². The predicted octanol–water partition coefficient (Wildman–Crippen LogP) is 4.53. The number of rotatable bonds is 4. The molecule has 1 aromatic heterocycles. The van der Waals surface area contributed by atoms with Gasteiger partial charge >= 0.3 is 6.18 Å². The summed E-state index contributed by atoms with van der Waals surface area (Å²) in [4.78, 5) is 9.74. The van der Waals surface area contributed by atoms with Crippen LogP contribution < -0.4 is 15.5 Å². The summed E-state index contributed by atoms with van der Waals surface area (Å²) in [6.07, 6.45) is -1.62. The lowest BCUT2D eigenvalue weighted by Gasteiger charge is -2.28. The van der Waals surface area contributed by atoms with Gasteiger partial charge in [0, 0.05) is 19.2 Å². The quantitative estimate of drug-likeness (QED) is 0.724. The van der Waals surface area contributed by atoms with Gasteiger partial charge in [-0.3, -0.25) is 0 Å². The van der Waals surface area contributed by atoms with Gasteiger partial charge in [-0.1, -0.05) is 30.3 Å². The number of benzene rings is 1. The molecule has 1 aliphatic heterocycles. The summed E-state index contributed by atoms with van der Waals surface area (Å²) >= 11 is 5.25. The highest BCUT2D eigenvalue weighted by atomic mass is 32.1. The van der Waals surface area contributed by atoms with E-state index in [1.165, 1.54) is 0 Å². The minimum absolute atomic E-state index is 0.117. The zero-order chi connectivity index (χ0) is 20.1. The van der Waals surface area contributed by atoms with E-state index < -0.39 is 11.9 Å². The van der Waals surface area contributed by atoms with E-state index in [4.69, 9.17) is 12.2 Å². The molecular formula is C19H22F3N5S. The van der Waals surface area contributed by atoms with Crippen LogP contribution in [0.5, 0.6) is 0 Å². The van der Waals surface area contributed by atoms with Crippen LogP contribution in [0.15, 0.2) is 36.4 Å². The number of aromatic nitrogens is 2. The Labute approximate surface area is 167 Å². The second kappa shape index (κ2) is 8.72. The Balaban J connectivity index is 1.77. The molecule has 2 N–H and O–H groups in total. The predicted molar refractivity (Wildman–Crippen MR) is 107 cm³/mol. The van der Waals surface area contributed by atoms with Gasteiger partial charge in [-0.15, -0.1) is 0 Å². The Kier molecular flexibility index (Phi) is 6.33. The Hall–Kier alpha value is -2.42. The van der Waals surface area contributed by atoms with Gasteiger partial charge < -0.3 is 15.5 Å². The van der Waals surface area contributed by atoms with Crippen LogP contribution in [0, 0.1) is 0 Å². The topological polar surface area (TPSA) is 53.1 Å². The van der Waals surface area contributed by atoms with E-state index in [9.17, 15) is 13.2 Å². The van der Waals surface area contributed by atoms with Crippen LogP contribution >= 0.6 is 12.2 Å². The van der Waals surface area contributed by atoms with Crippen molar-refractivity contribution in [2.24, 2.45) is 0 Å². The maximum absolute atomic E-state index is 13.3. The monoisotopic (exact) mass is 409 g/mol. The number of thiocarbonyl (C=S) groups is 1. The molecule has 3 rings (SSSR count). The molecule has 0 saturated carbocycles. The Bertz CT molecular complexity index is 807. The molecule has 0 radical (unpaired) electrons. The van der Waals surface area contributed by atoms with Crippen molar-refractivity contribution >= 4 is 29.1 Å². The molecule has 0 unspecified atom stereocenters. The third-order valence-corrected chi connectivity index (χ3v) is 4.78. The van der Waals surface area contributed by atoms with Crippen LogP contribution in [0.1, 0.15) is 43.5 Å². The summed E-state index contributed by atoms with van der Waals surface area (Å²) < 4.78 is 39.9. The molecule has 1 atom stereocenters. The lowest BCUT2D eigenvalue weighted by atomic mass is 10.1. The molecule has 2 heterocycles. The summed E-state index contributed by atoms with van der Waals surface area (Å²) in [7, 11) is 0. The summed E-state index contributed by atoms with van der Waals surface area (Å²) in [5, 5.41) is 5.92. The number of alkyl halides is 3. The number of piperidine rings is 1. The maximum Gasteiger partial charge on any atom is 0.433 e. The largest absolute Gasteiger partial charge is 0.433 e. The maximum atomic E-state index is 13.3. The second-order valence-corrected chi connectivity index (χ2v) is 7.12. The van der Waals surface area contributed by atoms with Gasteiger partial charge in [0.1, 0.15) is 5.82 Å². The highest BCUT2D eigenvalue weighted by Crippen LogP contribution is 2.31. The fourth-order valence-electron chi connectivity index (χ4n) is 3.08. The summed E-state index contributed by atoms with van der Waals surface area (Å²) in [6, 6.07) is 10.5. The number of nitrogens with zero attached hydrogens (tertiary/aromatic N) is 3. The van der Waals surface area contributed by atoms with Crippen molar-refractivity contribution in [2.75, 3.05) is 23.3 Å². The van der Waals surface area contributed by atoms with Crippen LogP contribution in [-0.4, -0.2) is 28.2 Å².